The molecule has 0 aliphatic rings. The van der Waals surface area contributed by atoms with Crippen molar-refractivity contribution in [2.75, 3.05) is 0 Å². The molecule has 2 aromatic heterocycles. The summed E-state index contributed by atoms with van der Waals surface area (Å²) in [6.45, 7) is 0.515. The van der Waals surface area contributed by atoms with Crippen molar-refractivity contribution in [3.8, 4) is 10.6 Å². The number of rotatable bonds is 2. The van der Waals surface area contributed by atoms with Crippen molar-refractivity contribution >= 4 is 27.3 Å². The maximum Gasteiger partial charge on any atom is 0.0795 e. The zero-order valence-corrected chi connectivity index (χ0v) is 9.15. The van der Waals surface area contributed by atoms with Crippen LogP contribution in [-0.2, 0) is 6.54 Å². The van der Waals surface area contributed by atoms with E-state index in [1.54, 1.807) is 17.5 Å². The van der Waals surface area contributed by atoms with Crippen LogP contribution in [0.3, 0.4) is 0 Å². The molecule has 0 saturated heterocycles. The standard InChI is InChI=1S/C8H8BrN3S/c9-7-2-1-6(13-7)8-5(3-10)4-11-12-8/h1-2,4H,3,10H2,(H,11,12). The molecule has 0 aromatic carbocycles. The van der Waals surface area contributed by atoms with Crippen LogP contribution in [0.1, 0.15) is 5.56 Å². The first-order chi connectivity index (χ1) is 6.31. The van der Waals surface area contributed by atoms with Crippen LogP contribution in [0.5, 0.6) is 0 Å². The minimum absolute atomic E-state index is 0.515. The normalized spacial score (nSPS) is 10.6. The van der Waals surface area contributed by atoms with Crippen LogP contribution in [0.15, 0.2) is 22.1 Å². The van der Waals surface area contributed by atoms with Gasteiger partial charge < -0.3 is 5.73 Å². The molecule has 0 amide bonds. The number of nitrogens with zero attached hydrogens (tertiary/aromatic N) is 1. The van der Waals surface area contributed by atoms with Crippen LogP contribution in [0, 0.1) is 0 Å². The fraction of sp³-hybridized carbons (Fsp3) is 0.125. The Bertz CT molecular complexity index is 407. The molecule has 0 aliphatic carbocycles. The van der Waals surface area contributed by atoms with Crippen LogP contribution in [-0.4, -0.2) is 10.2 Å². The molecule has 2 aromatic rings. The van der Waals surface area contributed by atoms with Crippen molar-refractivity contribution < 1.29 is 0 Å². The summed E-state index contributed by atoms with van der Waals surface area (Å²) in [7, 11) is 0. The number of nitrogens with one attached hydrogen (secondary N) is 1. The smallest absolute Gasteiger partial charge is 0.0795 e. The molecule has 3 N–H and O–H groups in total. The highest BCUT2D eigenvalue weighted by Gasteiger charge is 2.07. The lowest BCUT2D eigenvalue weighted by Crippen LogP contribution is -1.95. The second-order valence-electron chi connectivity index (χ2n) is 2.58. The summed E-state index contributed by atoms with van der Waals surface area (Å²) in [5.41, 5.74) is 7.65. The average Bonchev–Trinajstić information content (AvgIpc) is 2.71. The molecule has 3 nitrogen and oxygen atoms in total. The van der Waals surface area contributed by atoms with Crippen LogP contribution in [0.4, 0.5) is 0 Å². The maximum atomic E-state index is 5.57. The van der Waals surface area contributed by atoms with Crippen LogP contribution >= 0.6 is 27.3 Å². The van der Waals surface area contributed by atoms with E-state index in [4.69, 9.17) is 5.73 Å². The summed E-state index contributed by atoms with van der Waals surface area (Å²) >= 11 is 5.08. The van der Waals surface area contributed by atoms with Gasteiger partial charge in [-0.1, -0.05) is 0 Å². The second kappa shape index (κ2) is 3.61. The number of halogens is 1. The molecule has 5 heteroatoms. The Morgan fingerprint density at radius 2 is 2.38 bits per heavy atom. The molecule has 0 spiro atoms. The molecule has 0 bridgehead atoms. The highest BCUT2D eigenvalue weighted by Crippen LogP contribution is 2.31. The molecule has 0 unspecified atom stereocenters. The number of thiophene rings is 1. The third-order valence-electron chi connectivity index (χ3n) is 1.76. The SMILES string of the molecule is NCc1cn[nH]c1-c1ccc(Br)s1. The van der Waals surface area contributed by atoms with E-state index < -0.39 is 0 Å². The van der Waals surface area contributed by atoms with Gasteiger partial charge in [0.15, 0.2) is 0 Å². The summed E-state index contributed by atoms with van der Waals surface area (Å²) in [5.74, 6) is 0. The molecule has 2 heterocycles. The number of hydrogen-bond acceptors (Lipinski definition) is 3. The van der Waals surface area contributed by atoms with Crippen molar-refractivity contribution in [3.63, 3.8) is 0 Å². The first-order valence-corrected chi connectivity index (χ1v) is 5.40. The van der Waals surface area contributed by atoms with Gasteiger partial charge in [-0.15, -0.1) is 11.3 Å². The number of H-pyrrole nitrogens is 1. The van der Waals surface area contributed by atoms with Crippen LogP contribution in [0.25, 0.3) is 10.6 Å². The van der Waals surface area contributed by atoms with E-state index in [2.05, 4.69) is 26.1 Å². The van der Waals surface area contributed by atoms with Gasteiger partial charge in [0.25, 0.3) is 0 Å². The summed E-state index contributed by atoms with van der Waals surface area (Å²) < 4.78 is 1.11. The zero-order chi connectivity index (χ0) is 9.26. The number of nitrogens with two attached hydrogens (primary N) is 1. The fourth-order valence-electron chi connectivity index (χ4n) is 1.13. The van der Waals surface area contributed by atoms with E-state index in [0.717, 1.165) is 19.9 Å². The lowest BCUT2D eigenvalue weighted by atomic mass is 10.2. The molecule has 0 aliphatic heterocycles. The molecule has 0 saturated carbocycles. The van der Waals surface area contributed by atoms with Gasteiger partial charge in [0.1, 0.15) is 0 Å². The van der Waals surface area contributed by atoms with Gasteiger partial charge >= 0.3 is 0 Å². The largest absolute Gasteiger partial charge is 0.326 e. The molecule has 2 rings (SSSR count). The third-order valence-corrected chi connectivity index (χ3v) is 3.40. The molecule has 0 radical (unpaired) electrons. The van der Waals surface area contributed by atoms with Crippen LogP contribution < -0.4 is 5.73 Å². The monoisotopic (exact) mass is 257 g/mol. The Balaban J connectivity index is 2.45. The Kier molecular flexibility index (Phi) is 2.48. The van der Waals surface area contributed by atoms with Gasteiger partial charge in [-0.3, -0.25) is 5.10 Å². The summed E-state index contributed by atoms with van der Waals surface area (Å²) in [4.78, 5) is 1.16. The molecular weight excluding hydrogens is 250 g/mol. The second-order valence-corrected chi connectivity index (χ2v) is 5.04. The number of hydrogen-bond donors (Lipinski definition) is 2. The van der Waals surface area contributed by atoms with Gasteiger partial charge in [0.05, 0.1) is 20.6 Å². The van der Waals surface area contributed by atoms with Gasteiger partial charge in [0.2, 0.25) is 0 Å². The van der Waals surface area contributed by atoms with Crippen molar-refractivity contribution in [2.45, 2.75) is 6.54 Å². The molecule has 0 fully saturated rings. The van der Waals surface area contributed by atoms with Crippen LogP contribution in [0.2, 0.25) is 0 Å². The summed E-state index contributed by atoms with van der Waals surface area (Å²) in [6.07, 6.45) is 1.77. The van der Waals surface area contributed by atoms with E-state index in [-0.39, 0.29) is 0 Å². The van der Waals surface area contributed by atoms with Crippen molar-refractivity contribution in [1.82, 2.24) is 10.2 Å². The first kappa shape index (κ1) is 8.93. The third kappa shape index (κ3) is 1.67. The highest BCUT2D eigenvalue weighted by molar-refractivity contribution is 9.11. The molecule has 68 valence electrons. The number of aromatic nitrogens is 2. The van der Waals surface area contributed by atoms with E-state index in [0.29, 0.717) is 6.54 Å². The Labute approximate surface area is 88.1 Å². The first-order valence-electron chi connectivity index (χ1n) is 3.79. The Hall–Kier alpha value is -0.650. The lowest BCUT2D eigenvalue weighted by molar-refractivity contribution is 1.08. The molecule has 0 atom stereocenters. The summed E-state index contributed by atoms with van der Waals surface area (Å²) in [6, 6.07) is 4.06. The van der Waals surface area contributed by atoms with E-state index in [1.807, 2.05) is 12.1 Å². The summed E-state index contributed by atoms with van der Waals surface area (Å²) in [5, 5.41) is 6.91. The van der Waals surface area contributed by atoms with Crippen molar-refractivity contribution in [1.29, 1.82) is 0 Å². The molecule has 13 heavy (non-hydrogen) atoms. The van der Waals surface area contributed by atoms with Gasteiger partial charge in [0, 0.05) is 12.1 Å². The number of aromatic amines is 1. The fourth-order valence-corrected chi connectivity index (χ4v) is 2.54. The maximum absolute atomic E-state index is 5.57. The predicted octanol–water partition coefficient (Wildman–Crippen LogP) is 2.36. The average molecular weight is 258 g/mol. The van der Waals surface area contributed by atoms with Gasteiger partial charge in [-0.2, -0.15) is 5.10 Å². The predicted molar refractivity (Wildman–Crippen MR) is 57.5 cm³/mol. The minimum Gasteiger partial charge on any atom is -0.326 e. The van der Waals surface area contributed by atoms with Gasteiger partial charge in [-0.25, -0.2) is 0 Å². The van der Waals surface area contributed by atoms with E-state index in [9.17, 15) is 0 Å². The van der Waals surface area contributed by atoms with Crippen molar-refractivity contribution in [3.05, 3.63) is 27.7 Å². The lowest BCUT2D eigenvalue weighted by Gasteiger charge is -1.95. The van der Waals surface area contributed by atoms with E-state index in [1.165, 1.54) is 0 Å². The van der Waals surface area contributed by atoms with Gasteiger partial charge in [-0.05, 0) is 28.1 Å². The van der Waals surface area contributed by atoms with E-state index >= 15 is 0 Å². The molecular formula is C8H8BrN3S. The zero-order valence-electron chi connectivity index (χ0n) is 6.75. The Morgan fingerprint density at radius 3 is 3.00 bits per heavy atom. The Morgan fingerprint density at radius 1 is 1.54 bits per heavy atom. The quantitative estimate of drug-likeness (QED) is 0.868. The van der Waals surface area contributed by atoms with Crippen molar-refractivity contribution in [2.24, 2.45) is 5.73 Å². The highest BCUT2D eigenvalue weighted by atomic mass is 79.9. The minimum atomic E-state index is 0.515. The topological polar surface area (TPSA) is 54.7 Å².